The van der Waals surface area contributed by atoms with Crippen LogP contribution in [-0.4, -0.2) is 0 Å². The Hall–Kier alpha value is -5.95. The van der Waals surface area contributed by atoms with E-state index in [9.17, 15) is 5.26 Å². The Labute approximate surface area is 270 Å². The van der Waals surface area contributed by atoms with Crippen molar-refractivity contribution in [1.82, 2.24) is 0 Å². The number of thiophene rings is 1. The monoisotopic (exact) mass is 603 g/mol. The second kappa shape index (κ2) is 10.6. The summed E-state index contributed by atoms with van der Waals surface area (Å²) in [6.45, 7) is 0. The average molecular weight is 604 g/mol. The molecule has 214 valence electrons. The van der Waals surface area contributed by atoms with Crippen LogP contribution in [0.2, 0.25) is 0 Å². The summed E-state index contributed by atoms with van der Waals surface area (Å²) in [5.74, 6) is 0. The maximum atomic E-state index is 10.0. The molecule has 0 aliphatic rings. The predicted molar refractivity (Wildman–Crippen MR) is 193 cm³/mol. The summed E-state index contributed by atoms with van der Waals surface area (Å²) in [6, 6.07) is 55.5. The molecule has 0 aliphatic heterocycles. The number of fused-ring (bicyclic) bond motifs is 6. The number of hydrogen-bond acceptors (Lipinski definition) is 3. The highest BCUT2D eigenvalue weighted by molar-refractivity contribution is 7.25. The summed E-state index contributed by atoms with van der Waals surface area (Å²) in [7, 11) is 0. The van der Waals surface area contributed by atoms with Gasteiger partial charge in [0.15, 0.2) is 0 Å². The van der Waals surface area contributed by atoms with Crippen molar-refractivity contribution in [2.45, 2.75) is 0 Å². The number of para-hydroxylation sites is 2. The minimum absolute atomic E-state index is 0.659. The lowest BCUT2D eigenvalue weighted by atomic mass is 9.86. The zero-order valence-corrected chi connectivity index (χ0v) is 25.5. The molecule has 2 heterocycles. The number of benzene rings is 7. The van der Waals surface area contributed by atoms with Crippen LogP contribution >= 0.6 is 11.3 Å². The molecule has 0 amide bonds. The molecule has 0 atom stereocenters. The van der Waals surface area contributed by atoms with Gasteiger partial charge in [-0.2, -0.15) is 5.26 Å². The molecule has 0 N–H and O–H groups in total. The van der Waals surface area contributed by atoms with Crippen LogP contribution in [0.5, 0.6) is 0 Å². The van der Waals surface area contributed by atoms with E-state index in [0.29, 0.717) is 5.56 Å². The number of furan rings is 1. The second-order valence-electron chi connectivity index (χ2n) is 11.6. The van der Waals surface area contributed by atoms with Crippen LogP contribution in [0.25, 0.3) is 86.6 Å². The largest absolute Gasteiger partial charge is 0.455 e. The Kier molecular flexibility index (Phi) is 6.09. The van der Waals surface area contributed by atoms with Gasteiger partial charge < -0.3 is 4.42 Å². The summed E-state index contributed by atoms with van der Waals surface area (Å²) in [5, 5.41) is 14.8. The van der Waals surface area contributed by atoms with Crippen molar-refractivity contribution in [2.24, 2.45) is 0 Å². The van der Waals surface area contributed by atoms with Crippen molar-refractivity contribution in [3.05, 3.63) is 157 Å². The molecule has 2 nitrogen and oxygen atoms in total. The van der Waals surface area contributed by atoms with Crippen LogP contribution in [-0.2, 0) is 0 Å². The molecule has 0 radical (unpaired) electrons. The van der Waals surface area contributed by atoms with Crippen molar-refractivity contribution in [3.63, 3.8) is 0 Å². The van der Waals surface area contributed by atoms with Crippen molar-refractivity contribution >= 4 is 53.4 Å². The highest BCUT2D eigenvalue weighted by Gasteiger charge is 2.18. The Morgan fingerprint density at radius 3 is 1.93 bits per heavy atom. The van der Waals surface area contributed by atoms with Crippen LogP contribution in [0.1, 0.15) is 5.56 Å². The molecule has 7 aromatic carbocycles. The first-order valence-corrected chi connectivity index (χ1v) is 16.1. The molecular weight excluding hydrogens is 579 g/mol. The molecule has 0 saturated heterocycles. The normalized spacial score (nSPS) is 11.5. The lowest BCUT2D eigenvalue weighted by Crippen LogP contribution is -1.92. The van der Waals surface area contributed by atoms with Gasteiger partial charge >= 0.3 is 0 Å². The van der Waals surface area contributed by atoms with Gasteiger partial charge in [0.05, 0.1) is 11.6 Å². The SMILES string of the molecule is N#Cc1ccccc1-c1ccccc1-c1cc(-c2cccc3c2oc2ccccc23)ccc1-c1ccc2c(c1)sc1ccccc12. The summed E-state index contributed by atoms with van der Waals surface area (Å²) in [4.78, 5) is 0. The van der Waals surface area contributed by atoms with Crippen molar-refractivity contribution in [3.8, 4) is 50.6 Å². The van der Waals surface area contributed by atoms with Crippen LogP contribution in [0.4, 0.5) is 0 Å². The maximum absolute atomic E-state index is 10.0. The number of hydrogen-bond donors (Lipinski definition) is 0. The van der Waals surface area contributed by atoms with E-state index in [0.717, 1.165) is 66.4 Å². The van der Waals surface area contributed by atoms with Gasteiger partial charge in [-0.25, -0.2) is 0 Å². The highest BCUT2D eigenvalue weighted by Crippen LogP contribution is 2.44. The smallest absolute Gasteiger partial charge is 0.143 e. The van der Waals surface area contributed by atoms with Crippen LogP contribution < -0.4 is 0 Å². The molecule has 46 heavy (non-hydrogen) atoms. The second-order valence-corrected chi connectivity index (χ2v) is 12.6. The van der Waals surface area contributed by atoms with Gasteiger partial charge in [0.2, 0.25) is 0 Å². The summed E-state index contributed by atoms with van der Waals surface area (Å²) in [6.07, 6.45) is 0. The zero-order chi connectivity index (χ0) is 30.6. The van der Waals surface area contributed by atoms with Crippen molar-refractivity contribution < 1.29 is 4.42 Å². The van der Waals surface area contributed by atoms with Crippen LogP contribution in [0.15, 0.2) is 156 Å². The zero-order valence-electron chi connectivity index (χ0n) is 24.7. The first-order valence-electron chi connectivity index (χ1n) is 15.3. The van der Waals surface area contributed by atoms with E-state index in [1.165, 1.54) is 20.2 Å². The summed E-state index contributed by atoms with van der Waals surface area (Å²) in [5.41, 5.74) is 11.0. The predicted octanol–water partition coefficient (Wildman–Crippen LogP) is 12.5. The lowest BCUT2D eigenvalue weighted by molar-refractivity contribution is 0.670. The first-order chi connectivity index (χ1) is 22.8. The third kappa shape index (κ3) is 4.16. The number of nitriles is 1. The molecule has 0 spiro atoms. The fourth-order valence-electron chi connectivity index (χ4n) is 6.82. The molecule has 3 heteroatoms. The molecule has 2 aromatic heterocycles. The van der Waals surface area contributed by atoms with Gasteiger partial charge in [-0.1, -0.05) is 121 Å². The fraction of sp³-hybridized carbons (Fsp3) is 0. The number of nitrogens with zero attached hydrogens (tertiary/aromatic N) is 1. The van der Waals surface area contributed by atoms with Crippen LogP contribution in [0, 0.1) is 11.3 Å². The fourth-order valence-corrected chi connectivity index (χ4v) is 7.97. The quantitative estimate of drug-likeness (QED) is 0.201. The molecule has 0 fully saturated rings. The third-order valence-corrected chi connectivity index (χ3v) is 10.1. The van der Waals surface area contributed by atoms with Crippen molar-refractivity contribution in [2.75, 3.05) is 0 Å². The summed E-state index contributed by atoms with van der Waals surface area (Å²) >= 11 is 1.83. The Morgan fingerprint density at radius 2 is 1.07 bits per heavy atom. The van der Waals surface area contributed by atoms with Gasteiger partial charge in [0.1, 0.15) is 11.2 Å². The lowest BCUT2D eigenvalue weighted by Gasteiger charge is -2.17. The number of rotatable bonds is 4. The van der Waals surface area contributed by atoms with Crippen LogP contribution in [0.3, 0.4) is 0 Å². The molecule has 0 saturated carbocycles. The Morgan fingerprint density at radius 1 is 0.435 bits per heavy atom. The molecule has 0 bridgehead atoms. The minimum atomic E-state index is 0.659. The van der Waals surface area contributed by atoms with Gasteiger partial charge in [-0.15, -0.1) is 11.3 Å². The van der Waals surface area contributed by atoms with Gasteiger partial charge in [0, 0.05) is 42.1 Å². The molecular formula is C43H25NOS. The van der Waals surface area contributed by atoms with Gasteiger partial charge in [0.25, 0.3) is 0 Å². The molecule has 9 rings (SSSR count). The average Bonchev–Trinajstić information content (AvgIpc) is 3.69. The van der Waals surface area contributed by atoms with E-state index < -0.39 is 0 Å². The minimum Gasteiger partial charge on any atom is -0.455 e. The molecule has 0 aliphatic carbocycles. The van der Waals surface area contributed by atoms with Gasteiger partial charge in [-0.3, -0.25) is 0 Å². The standard InChI is InChI=1S/C43H25NOS/c44-26-29-10-1-2-11-30(29)33-12-3-4-13-34(33)39-24-27(32-16-9-17-38-35-14-5-7-18-40(35)45-43(32)38)20-22-31(39)28-21-23-37-36-15-6-8-19-41(36)46-42(37)25-28/h1-25H. The Bertz CT molecular complexity index is 2670. The summed E-state index contributed by atoms with van der Waals surface area (Å²) < 4.78 is 9.03. The highest BCUT2D eigenvalue weighted by atomic mass is 32.1. The van der Waals surface area contributed by atoms with Gasteiger partial charge in [-0.05, 0) is 63.7 Å². The van der Waals surface area contributed by atoms with E-state index in [4.69, 9.17) is 4.42 Å². The first kappa shape index (κ1) is 26.5. The van der Waals surface area contributed by atoms with E-state index in [1.807, 2.05) is 47.7 Å². The van der Waals surface area contributed by atoms with E-state index >= 15 is 0 Å². The third-order valence-electron chi connectivity index (χ3n) is 8.98. The maximum Gasteiger partial charge on any atom is 0.143 e. The Balaban J connectivity index is 1.31. The van der Waals surface area contributed by atoms with E-state index in [2.05, 4.69) is 121 Å². The van der Waals surface area contributed by atoms with Crippen molar-refractivity contribution in [1.29, 1.82) is 5.26 Å². The molecule has 0 unspecified atom stereocenters. The molecule has 9 aromatic rings. The van der Waals surface area contributed by atoms with E-state index in [-0.39, 0.29) is 0 Å². The van der Waals surface area contributed by atoms with E-state index in [1.54, 1.807) is 0 Å². The topological polar surface area (TPSA) is 36.9 Å².